The molecule has 4 aliphatic heterocycles. The Morgan fingerprint density at radius 1 is 0.391 bits per heavy atom. The number of nitrogens with zero attached hydrogens (tertiary/aromatic N) is 4. The van der Waals surface area contributed by atoms with E-state index in [0.29, 0.717) is 12.8 Å². The predicted octanol–water partition coefficient (Wildman–Crippen LogP) is 11.3. The van der Waals surface area contributed by atoms with Gasteiger partial charge in [0.2, 0.25) is 0 Å². The molecule has 2 atom stereocenters. The summed E-state index contributed by atoms with van der Waals surface area (Å²) in [5.74, 6) is -0.887. The first-order valence-corrected chi connectivity index (χ1v) is 25.1. The van der Waals surface area contributed by atoms with E-state index >= 15 is 0 Å². The normalized spacial score (nSPS) is 27.0. The van der Waals surface area contributed by atoms with Gasteiger partial charge in [-0.1, -0.05) is 25.7 Å². The third kappa shape index (κ3) is 14.9. The summed E-state index contributed by atoms with van der Waals surface area (Å²) in [6, 6.07) is 0. The second-order valence-corrected chi connectivity index (χ2v) is 24.7. The quantitative estimate of drug-likeness (QED) is 0.108. The molecule has 64 heavy (non-hydrogen) atoms. The molecular formula is C52H96N4O8. The summed E-state index contributed by atoms with van der Waals surface area (Å²) in [7, 11) is 4.27. The number of piperidine rings is 4. The van der Waals surface area contributed by atoms with Crippen molar-refractivity contribution in [1.82, 2.24) is 19.9 Å². The fraction of sp³-hybridized carbons (Fsp3) is 0.923. The molecule has 12 nitrogen and oxygen atoms in total. The van der Waals surface area contributed by atoms with E-state index in [1.165, 1.54) is 0 Å². The summed E-state index contributed by atoms with van der Waals surface area (Å²) >= 11 is 0. The average Bonchev–Trinajstić information content (AvgIpc) is 3.16. The Labute approximate surface area is 390 Å². The van der Waals surface area contributed by atoms with E-state index in [1.807, 2.05) is 10.1 Å². The average molecular weight is 905 g/mol. The number of ether oxygens (including phenoxy) is 2. The second kappa shape index (κ2) is 21.8. The van der Waals surface area contributed by atoms with Gasteiger partial charge in [-0.2, -0.15) is 0 Å². The van der Waals surface area contributed by atoms with Crippen LogP contribution in [0.15, 0.2) is 0 Å². The van der Waals surface area contributed by atoms with Crippen LogP contribution >= 0.6 is 0 Å². The molecule has 0 aromatic rings. The van der Waals surface area contributed by atoms with Crippen LogP contribution in [0.5, 0.6) is 0 Å². The molecule has 0 aliphatic carbocycles. The van der Waals surface area contributed by atoms with Crippen molar-refractivity contribution in [2.75, 3.05) is 14.1 Å². The number of carbonyl (C=O) groups is 4. The number of likely N-dealkylation sites (tertiary alicyclic amines) is 2. The fourth-order valence-electron chi connectivity index (χ4n) is 11.0. The monoisotopic (exact) mass is 905 g/mol. The van der Waals surface area contributed by atoms with Gasteiger partial charge in [-0.25, -0.2) is 0 Å². The number of likely N-dealkylation sites (N-methyl/N-ethyl adjacent to an activating group) is 2. The molecule has 372 valence electrons. The molecule has 0 amide bonds. The molecule has 0 N–H and O–H groups in total. The fourth-order valence-corrected chi connectivity index (χ4v) is 11.0. The van der Waals surface area contributed by atoms with Crippen molar-refractivity contribution in [2.24, 2.45) is 0 Å². The Bertz CT molecular complexity index is 1420. The maximum absolute atomic E-state index is 12.5. The lowest BCUT2D eigenvalue weighted by Crippen LogP contribution is -2.63. The zero-order valence-corrected chi connectivity index (χ0v) is 44.4. The first kappa shape index (κ1) is 56.0. The van der Waals surface area contributed by atoms with Crippen molar-refractivity contribution in [3.63, 3.8) is 0 Å². The standard InChI is InChI=1S/C30H56N2O4.C22H40N2O4/c1-27(2)21-19-23(29(5,6)31(27)9)35-25(33)17-15-13-11-12-14-16-18-26(34)36-24-20-22-28(3,4)32(10)30(24,7)8;1-19(2)13-9-14-20(3,4)23(19)27-17(25)11-12-18(26)28-24-21(5,6)15-10-16-22(24,7)8/h23-24H,11-22H2,1-10H3;9-16H2,1-8H3. The van der Waals surface area contributed by atoms with Crippen molar-refractivity contribution < 1.29 is 38.3 Å². The molecule has 2 unspecified atom stereocenters. The molecule has 4 aliphatic rings. The number of hydrogen-bond acceptors (Lipinski definition) is 12. The molecule has 4 rings (SSSR count). The van der Waals surface area contributed by atoms with Gasteiger partial charge in [0.15, 0.2) is 0 Å². The van der Waals surface area contributed by atoms with Crippen LogP contribution in [0.25, 0.3) is 0 Å². The lowest BCUT2D eigenvalue weighted by atomic mass is 9.78. The summed E-state index contributed by atoms with van der Waals surface area (Å²) in [5.41, 5.74) is -0.887. The highest BCUT2D eigenvalue weighted by atomic mass is 16.7. The van der Waals surface area contributed by atoms with Crippen molar-refractivity contribution in [1.29, 1.82) is 0 Å². The maximum atomic E-state index is 12.5. The van der Waals surface area contributed by atoms with Crippen LogP contribution in [0.2, 0.25) is 0 Å². The van der Waals surface area contributed by atoms with Crippen molar-refractivity contribution in [2.45, 2.75) is 296 Å². The van der Waals surface area contributed by atoms with E-state index in [4.69, 9.17) is 19.1 Å². The highest BCUT2D eigenvalue weighted by Crippen LogP contribution is 2.42. The van der Waals surface area contributed by atoms with E-state index in [2.05, 4.69) is 135 Å². The Morgan fingerprint density at radius 3 is 0.969 bits per heavy atom. The van der Waals surface area contributed by atoms with Gasteiger partial charge in [0.25, 0.3) is 0 Å². The van der Waals surface area contributed by atoms with Gasteiger partial charge in [-0.15, -0.1) is 10.1 Å². The molecule has 0 aromatic carbocycles. The summed E-state index contributed by atoms with van der Waals surface area (Å²) in [4.78, 5) is 65.9. The van der Waals surface area contributed by atoms with E-state index in [1.54, 1.807) is 0 Å². The van der Waals surface area contributed by atoms with Crippen LogP contribution in [0.1, 0.15) is 239 Å². The molecule has 0 aromatic heterocycles. The number of hydroxylamine groups is 4. The minimum absolute atomic E-state index is 0.0240. The van der Waals surface area contributed by atoms with Gasteiger partial charge < -0.3 is 19.1 Å². The third-order valence-electron chi connectivity index (χ3n) is 16.0. The number of hydrogen-bond donors (Lipinski definition) is 0. The third-order valence-corrected chi connectivity index (χ3v) is 16.0. The van der Waals surface area contributed by atoms with Gasteiger partial charge in [0.05, 0.1) is 46.1 Å². The zero-order valence-electron chi connectivity index (χ0n) is 44.4. The van der Waals surface area contributed by atoms with Gasteiger partial charge >= 0.3 is 23.9 Å². The molecule has 0 bridgehead atoms. The number of unbranched alkanes of at least 4 members (excludes halogenated alkanes) is 5. The number of rotatable bonds is 16. The first-order valence-electron chi connectivity index (χ1n) is 25.1. The van der Waals surface area contributed by atoms with Gasteiger partial charge in [0.1, 0.15) is 12.2 Å². The van der Waals surface area contributed by atoms with E-state index in [0.717, 1.165) is 103 Å². The zero-order chi connectivity index (χ0) is 48.7. The Hall–Kier alpha value is -2.28. The molecule has 4 fully saturated rings. The Balaban J connectivity index is 0.000000351. The van der Waals surface area contributed by atoms with Crippen LogP contribution in [-0.2, 0) is 38.3 Å². The molecule has 4 heterocycles. The van der Waals surface area contributed by atoms with Gasteiger partial charge in [-0.3, -0.25) is 29.0 Å². The maximum Gasteiger partial charge on any atom is 0.325 e. The van der Waals surface area contributed by atoms with Crippen molar-refractivity contribution >= 4 is 23.9 Å². The van der Waals surface area contributed by atoms with E-state index in [-0.39, 0.29) is 93.2 Å². The Morgan fingerprint density at radius 2 is 0.672 bits per heavy atom. The molecule has 0 spiro atoms. The summed E-state index contributed by atoms with van der Waals surface area (Å²) in [5, 5.41) is 3.65. The Kier molecular flexibility index (Phi) is 19.1. The number of carbonyl (C=O) groups excluding carboxylic acids is 4. The highest BCUT2D eigenvalue weighted by molar-refractivity contribution is 5.77. The summed E-state index contributed by atoms with van der Waals surface area (Å²) in [6.07, 6.45) is 17.0. The smallest absolute Gasteiger partial charge is 0.325 e. The van der Waals surface area contributed by atoms with E-state index < -0.39 is 0 Å². The van der Waals surface area contributed by atoms with Crippen LogP contribution in [0.3, 0.4) is 0 Å². The second-order valence-electron chi connectivity index (χ2n) is 24.7. The minimum Gasteiger partial charge on any atom is -0.460 e. The van der Waals surface area contributed by atoms with Gasteiger partial charge in [-0.05, 0) is 202 Å². The summed E-state index contributed by atoms with van der Waals surface area (Å²) in [6.45, 7) is 34.5. The molecule has 4 saturated heterocycles. The lowest BCUT2D eigenvalue weighted by Gasteiger charge is -2.54. The van der Waals surface area contributed by atoms with Gasteiger partial charge in [0, 0.05) is 23.9 Å². The first-order chi connectivity index (χ1) is 29.2. The molecule has 0 radical (unpaired) electrons. The topological polar surface area (TPSA) is 118 Å². The minimum atomic E-state index is -0.378. The van der Waals surface area contributed by atoms with Crippen LogP contribution in [0, 0.1) is 0 Å². The molecular weight excluding hydrogens is 809 g/mol. The van der Waals surface area contributed by atoms with E-state index in [9.17, 15) is 19.2 Å². The SMILES string of the molecule is CC1(C)CCCC(C)(C)N1OC(=O)CCC(=O)ON1C(C)(C)CCCC1(C)C.CN1C(C)(C)CCC(OC(=O)CCCCCCCCC(=O)OC2CCC(C)(C)N(C)C2(C)C)C1(C)C. The largest absolute Gasteiger partial charge is 0.460 e. The molecule has 12 heteroatoms. The summed E-state index contributed by atoms with van der Waals surface area (Å²) < 4.78 is 11.8. The highest BCUT2D eigenvalue weighted by Gasteiger charge is 2.49. The number of esters is 2. The molecule has 0 saturated carbocycles. The predicted molar refractivity (Wildman–Crippen MR) is 256 cm³/mol. The van der Waals surface area contributed by atoms with Crippen molar-refractivity contribution in [3.05, 3.63) is 0 Å². The van der Waals surface area contributed by atoms with Crippen LogP contribution in [0.4, 0.5) is 0 Å². The lowest BCUT2D eigenvalue weighted by molar-refractivity contribution is -0.269. The van der Waals surface area contributed by atoms with Crippen LogP contribution < -0.4 is 0 Å². The van der Waals surface area contributed by atoms with Crippen LogP contribution in [-0.4, -0.2) is 114 Å². The van der Waals surface area contributed by atoms with Crippen molar-refractivity contribution in [3.8, 4) is 0 Å².